The number of carbonyl (C=O) groups is 1. The Kier molecular flexibility index (Phi) is 8.94. The maximum absolute atomic E-state index is 14.2. The second kappa shape index (κ2) is 11.7. The minimum atomic E-state index is -0.357. The summed E-state index contributed by atoms with van der Waals surface area (Å²) in [6.45, 7) is 5.20. The maximum Gasteiger partial charge on any atom is 0.222 e. The van der Waals surface area contributed by atoms with Crippen LogP contribution in [0.3, 0.4) is 0 Å². The molecule has 1 atom stereocenters. The Hall–Kier alpha value is -2.36. The summed E-state index contributed by atoms with van der Waals surface area (Å²) >= 11 is 0. The standard InChI is InChI=1S/C25H31FN4O2.HI/c1-3-32-23-11-10-18(15-21(23)26)16-28-25(27-2)30-17-19(20-7-4-5-8-22(20)30)12-14-29-13-6-9-24(29)31;/h4-5,7-8,10-11,15,19H,3,6,9,12-14,16-17H2,1-2H3,(H,27,28);1H. The molecule has 33 heavy (non-hydrogen) atoms. The van der Waals surface area contributed by atoms with Gasteiger partial charge in [-0.05, 0) is 49.1 Å². The third-order valence-electron chi connectivity index (χ3n) is 6.20. The minimum Gasteiger partial charge on any atom is -0.491 e. The smallest absolute Gasteiger partial charge is 0.222 e. The van der Waals surface area contributed by atoms with Crippen molar-refractivity contribution in [2.75, 3.05) is 38.2 Å². The number of fused-ring (bicyclic) bond motifs is 1. The summed E-state index contributed by atoms with van der Waals surface area (Å²) in [5, 5.41) is 3.38. The van der Waals surface area contributed by atoms with Gasteiger partial charge in [0.25, 0.3) is 0 Å². The number of hydrogen-bond donors (Lipinski definition) is 1. The fourth-order valence-corrected chi connectivity index (χ4v) is 4.60. The summed E-state index contributed by atoms with van der Waals surface area (Å²) in [4.78, 5) is 20.7. The first-order valence-electron chi connectivity index (χ1n) is 11.4. The van der Waals surface area contributed by atoms with Gasteiger partial charge in [-0.3, -0.25) is 9.79 Å². The number of para-hydroxylation sites is 1. The molecule has 2 aliphatic heterocycles. The van der Waals surface area contributed by atoms with Gasteiger partial charge in [-0.1, -0.05) is 24.3 Å². The van der Waals surface area contributed by atoms with Gasteiger partial charge in [0, 0.05) is 51.3 Å². The van der Waals surface area contributed by atoms with E-state index in [-0.39, 0.29) is 41.5 Å². The van der Waals surface area contributed by atoms with Crippen molar-refractivity contribution in [3.05, 3.63) is 59.4 Å². The number of nitrogens with zero attached hydrogens (tertiary/aromatic N) is 3. The highest BCUT2D eigenvalue weighted by atomic mass is 127. The quantitative estimate of drug-likeness (QED) is 0.304. The molecule has 4 rings (SSSR count). The average Bonchev–Trinajstić information content (AvgIpc) is 3.38. The van der Waals surface area contributed by atoms with Gasteiger partial charge in [-0.15, -0.1) is 24.0 Å². The van der Waals surface area contributed by atoms with Crippen LogP contribution in [0.15, 0.2) is 47.5 Å². The summed E-state index contributed by atoms with van der Waals surface area (Å²) < 4.78 is 19.5. The Morgan fingerprint density at radius 2 is 2.09 bits per heavy atom. The maximum atomic E-state index is 14.2. The van der Waals surface area contributed by atoms with Gasteiger partial charge < -0.3 is 19.9 Å². The highest BCUT2D eigenvalue weighted by molar-refractivity contribution is 14.0. The lowest BCUT2D eigenvalue weighted by molar-refractivity contribution is -0.127. The molecule has 178 valence electrons. The lowest BCUT2D eigenvalue weighted by atomic mass is 9.98. The first-order valence-corrected chi connectivity index (χ1v) is 11.4. The van der Waals surface area contributed by atoms with Gasteiger partial charge in [0.15, 0.2) is 17.5 Å². The molecule has 0 radical (unpaired) electrons. The number of rotatable bonds is 7. The molecule has 1 fully saturated rings. The molecule has 2 aromatic rings. The van der Waals surface area contributed by atoms with Crippen LogP contribution < -0.4 is 15.0 Å². The molecule has 1 unspecified atom stereocenters. The van der Waals surface area contributed by atoms with Crippen LogP contribution in [0.5, 0.6) is 5.75 Å². The minimum absolute atomic E-state index is 0. The van der Waals surface area contributed by atoms with E-state index in [2.05, 4.69) is 33.4 Å². The highest BCUT2D eigenvalue weighted by Crippen LogP contribution is 2.38. The molecule has 0 saturated carbocycles. The molecule has 1 N–H and O–H groups in total. The van der Waals surface area contributed by atoms with Gasteiger partial charge in [-0.2, -0.15) is 0 Å². The molecule has 2 heterocycles. The number of benzene rings is 2. The number of halogens is 2. The van der Waals surface area contributed by atoms with Crippen LogP contribution in [-0.4, -0.2) is 50.1 Å². The van der Waals surface area contributed by atoms with Crippen molar-refractivity contribution in [1.82, 2.24) is 10.2 Å². The Morgan fingerprint density at radius 3 is 2.79 bits per heavy atom. The molecular weight excluding hydrogens is 534 g/mol. The zero-order chi connectivity index (χ0) is 22.5. The topological polar surface area (TPSA) is 57.2 Å². The third kappa shape index (κ3) is 5.77. The first kappa shape index (κ1) is 25.3. The van der Waals surface area contributed by atoms with Gasteiger partial charge in [-0.25, -0.2) is 4.39 Å². The van der Waals surface area contributed by atoms with Gasteiger partial charge in [0.1, 0.15) is 0 Å². The van der Waals surface area contributed by atoms with Crippen LogP contribution in [0.25, 0.3) is 0 Å². The molecular formula is C25H32FIN4O2. The van der Waals surface area contributed by atoms with Crippen LogP contribution in [0.2, 0.25) is 0 Å². The monoisotopic (exact) mass is 566 g/mol. The fourth-order valence-electron chi connectivity index (χ4n) is 4.60. The number of anilines is 1. The van der Waals surface area contributed by atoms with E-state index >= 15 is 0 Å². The van der Waals surface area contributed by atoms with Crippen molar-refractivity contribution >= 4 is 41.5 Å². The molecule has 0 bridgehead atoms. The number of amides is 1. The SMILES string of the molecule is CCOc1ccc(CNC(=NC)N2CC(CCN3CCCC3=O)c3ccccc32)cc1F.I. The third-order valence-corrected chi connectivity index (χ3v) is 6.20. The molecule has 0 spiro atoms. The molecule has 0 aliphatic carbocycles. The van der Waals surface area contributed by atoms with Crippen LogP contribution in [0.4, 0.5) is 10.1 Å². The van der Waals surface area contributed by atoms with Crippen molar-refractivity contribution in [3.8, 4) is 5.75 Å². The number of likely N-dealkylation sites (tertiary alicyclic amines) is 1. The number of ether oxygens (including phenoxy) is 1. The van der Waals surface area contributed by atoms with E-state index in [0.717, 1.165) is 49.7 Å². The van der Waals surface area contributed by atoms with Crippen molar-refractivity contribution in [1.29, 1.82) is 0 Å². The lowest BCUT2D eigenvalue weighted by Gasteiger charge is -2.23. The zero-order valence-electron chi connectivity index (χ0n) is 19.2. The predicted octanol–water partition coefficient (Wildman–Crippen LogP) is 4.53. The second-order valence-corrected chi connectivity index (χ2v) is 8.24. The molecule has 0 aromatic heterocycles. The van der Waals surface area contributed by atoms with Gasteiger partial charge >= 0.3 is 0 Å². The number of hydrogen-bond acceptors (Lipinski definition) is 3. The first-order chi connectivity index (χ1) is 15.6. The lowest BCUT2D eigenvalue weighted by Crippen LogP contribution is -2.40. The van der Waals surface area contributed by atoms with Crippen molar-refractivity contribution < 1.29 is 13.9 Å². The average molecular weight is 566 g/mol. The summed E-state index contributed by atoms with van der Waals surface area (Å²) in [7, 11) is 1.76. The van der Waals surface area contributed by atoms with Crippen molar-refractivity contribution in [2.24, 2.45) is 4.99 Å². The summed E-state index contributed by atoms with van der Waals surface area (Å²) in [5.41, 5.74) is 3.24. The molecule has 8 heteroatoms. The van der Waals surface area contributed by atoms with Crippen molar-refractivity contribution in [3.63, 3.8) is 0 Å². The molecule has 2 aliphatic rings. The normalized spacial score (nSPS) is 17.7. The van der Waals surface area contributed by atoms with Crippen molar-refractivity contribution in [2.45, 2.75) is 38.6 Å². The number of carbonyl (C=O) groups excluding carboxylic acids is 1. The highest BCUT2D eigenvalue weighted by Gasteiger charge is 2.32. The van der Waals surface area contributed by atoms with E-state index in [4.69, 9.17) is 4.74 Å². The van der Waals surface area contributed by atoms with E-state index in [1.807, 2.05) is 24.0 Å². The number of nitrogens with one attached hydrogen (secondary N) is 1. The van der Waals surface area contributed by atoms with Crippen LogP contribution in [0, 0.1) is 5.82 Å². The number of aliphatic imine (C=N–C) groups is 1. The van der Waals surface area contributed by atoms with Crippen LogP contribution in [0.1, 0.15) is 43.2 Å². The number of guanidine groups is 1. The molecule has 1 amide bonds. The Morgan fingerprint density at radius 1 is 1.27 bits per heavy atom. The molecule has 6 nitrogen and oxygen atoms in total. The van der Waals surface area contributed by atoms with E-state index in [0.29, 0.717) is 25.5 Å². The second-order valence-electron chi connectivity index (χ2n) is 8.24. The Balaban J connectivity index is 0.00000306. The van der Waals surface area contributed by atoms with Gasteiger partial charge in [0.05, 0.1) is 6.61 Å². The Labute approximate surface area is 212 Å². The zero-order valence-corrected chi connectivity index (χ0v) is 21.6. The van der Waals surface area contributed by atoms with E-state index < -0.39 is 0 Å². The summed E-state index contributed by atoms with van der Waals surface area (Å²) in [5.74, 6) is 1.28. The van der Waals surface area contributed by atoms with Crippen LogP contribution in [-0.2, 0) is 11.3 Å². The van der Waals surface area contributed by atoms with E-state index in [1.165, 1.54) is 11.6 Å². The van der Waals surface area contributed by atoms with Crippen LogP contribution >= 0.6 is 24.0 Å². The predicted molar refractivity (Wildman–Crippen MR) is 140 cm³/mol. The van der Waals surface area contributed by atoms with Gasteiger partial charge in [0.2, 0.25) is 5.91 Å². The summed E-state index contributed by atoms with van der Waals surface area (Å²) in [6, 6.07) is 13.4. The Bertz CT molecular complexity index is 1000. The molecule has 2 aromatic carbocycles. The summed E-state index contributed by atoms with van der Waals surface area (Å²) in [6.07, 6.45) is 2.57. The fraction of sp³-hybridized carbons (Fsp3) is 0.440. The van der Waals surface area contributed by atoms with E-state index in [1.54, 1.807) is 13.1 Å². The van der Waals surface area contributed by atoms with E-state index in [9.17, 15) is 9.18 Å². The molecule has 1 saturated heterocycles. The largest absolute Gasteiger partial charge is 0.491 e.